The average Bonchev–Trinajstić information content (AvgIpc) is 2.79. The lowest BCUT2D eigenvalue weighted by Crippen LogP contribution is -2.09. The Balaban J connectivity index is 2.17. The number of hydrogen-bond donors (Lipinski definition) is 1. The Kier molecular flexibility index (Phi) is 4.59. The smallest absolute Gasteiger partial charge is 0.132 e. The molecule has 0 bridgehead atoms. The predicted octanol–water partition coefficient (Wildman–Crippen LogP) is 4.24. The summed E-state index contributed by atoms with van der Waals surface area (Å²) in [4.78, 5) is 0. The molecule has 4 nitrogen and oxygen atoms in total. The summed E-state index contributed by atoms with van der Waals surface area (Å²) in [5.74, 6) is 0.823. The van der Waals surface area contributed by atoms with E-state index in [1.807, 2.05) is 38.1 Å². The van der Waals surface area contributed by atoms with E-state index in [0.29, 0.717) is 5.56 Å². The predicted molar refractivity (Wildman–Crippen MR) is 81.7 cm³/mol. The molecule has 5 heteroatoms. The van der Waals surface area contributed by atoms with Crippen molar-refractivity contribution < 1.29 is 4.74 Å². The molecule has 1 aromatic carbocycles. The normalized spacial score (nSPS) is 11.7. The topological polar surface area (TPSA) is 57.9 Å². The van der Waals surface area contributed by atoms with E-state index < -0.39 is 0 Å². The van der Waals surface area contributed by atoms with Gasteiger partial charge in [0, 0.05) is 11.8 Å². The van der Waals surface area contributed by atoms with Gasteiger partial charge in [0.15, 0.2) is 0 Å². The summed E-state index contributed by atoms with van der Waals surface area (Å²) in [5.41, 5.74) is 2.25. The van der Waals surface area contributed by atoms with Crippen LogP contribution in [-0.2, 0) is 0 Å². The van der Waals surface area contributed by atoms with Gasteiger partial charge in [-0.05, 0) is 43.9 Å². The highest BCUT2D eigenvalue weighted by molar-refractivity contribution is 7.10. The van der Waals surface area contributed by atoms with Gasteiger partial charge in [-0.3, -0.25) is 0 Å². The molecule has 0 saturated carbocycles. The van der Waals surface area contributed by atoms with Crippen LogP contribution in [0.1, 0.15) is 31.5 Å². The molecule has 0 aliphatic carbocycles. The standard InChI is InChI=1S/C15H17N3OS/c1-4-10(2)19-13-7-5-6-12(8-13)17-15-14(9-16)11(3)18-20-15/h5-8,10,17H,4H2,1-3H3. The van der Waals surface area contributed by atoms with Crippen molar-refractivity contribution in [3.63, 3.8) is 0 Å². The quantitative estimate of drug-likeness (QED) is 0.893. The highest BCUT2D eigenvalue weighted by Gasteiger charge is 2.10. The molecule has 0 spiro atoms. The van der Waals surface area contributed by atoms with Gasteiger partial charge < -0.3 is 10.1 Å². The third-order valence-electron chi connectivity index (χ3n) is 2.98. The lowest BCUT2D eigenvalue weighted by Gasteiger charge is -2.13. The Labute approximate surface area is 123 Å². The fourth-order valence-corrected chi connectivity index (χ4v) is 2.45. The summed E-state index contributed by atoms with van der Waals surface area (Å²) in [5, 5.41) is 13.1. The van der Waals surface area contributed by atoms with Crippen molar-refractivity contribution in [3.8, 4) is 11.8 Å². The molecule has 1 heterocycles. The second kappa shape index (κ2) is 6.40. The number of nitrogens with zero attached hydrogens (tertiary/aromatic N) is 2. The van der Waals surface area contributed by atoms with Crippen LogP contribution in [0.4, 0.5) is 10.7 Å². The maximum absolute atomic E-state index is 9.12. The molecule has 0 amide bonds. The molecular formula is C15H17N3OS. The second-order valence-electron chi connectivity index (χ2n) is 4.57. The van der Waals surface area contributed by atoms with Gasteiger partial charge in [0.25, 0.3) is 0 Å². The van der Waals surface area contributed by atoms with Crippen LogP contribution < -0.4 is 10.1 Å². The first-order valence-electron chi connectivity index (χ1n) is 6.54. The van der Waals surface area contributed by atoms with Crippen molar-refractivity contribution >= 4 is 22.2 Å². The third-order valence-corrected chi connectivity index (χ3v) is 3.83. The lowest BCUT2D eigenvalue weighted by atomic mass is 10.2. The van der Waals surface area contributed by atoms with Crippen molar-refractivity contribution in [1.82, 2.24) is 4.37 Å². The number of hydrogen-bond acceptors (Lipinski definition) is 5. The van der Waals surface area contributed by atoms with Crippen LogP contribution in [-0.4, -0.2) is 10.5 Å². The molecule has 2 rings (SSSR count). The zero-order valence-electron chi connectivity index (χ0n) is 11.8. The van der Waals surface area contributed by atoms with Crippen molar-refractivity contribution in [2.24, 2.45) is 0 Å². The van der Waals surface area contributed by atoms with Crippen LogP contribution >= 0.6 is 11.5 Å². The SMILES string of the molecule is CCC(C)Oc1cccc(Nc2snc(C)c2C#N)c1. The minimum Gasteiger partial charge on any atom is -0.491 e. The van der Waals surface area contributed by atoms with Crippen molar-refractivity contribution in [2.75, 3.05) is 5.32 Å². The zero-order chi connectivity index (χ0) is 14.5. The van der Waals surface area contributed by atoms with E-state index in [1.165, 1.54) is 11.5 Å². The van der Waals surface area contributed by atoms with Gasteiger partial charge in [-0.25, -0.2) is 0 Å². The first kappa shape index (κ1) is 14.4. The molecule has 104 valence electrons. The van der Waals surface area contributed by atoms with Gasteiger partial charge in [-0.1, -0.05) is 13.0 Å². The van der Waals surface area contributed by atoms with Crippen LogP contribution in [0.25, 0.3) is 0 Å². The molecule has 0 radical (unpaired) electrons. The summed E-state index contributed by atoms with van der Waals surface area (Å²) in [7, 11) is 0. The van der Waals surface area contributed by atoms with Crippen molar-refractivity contribution in [2.45, 2.75) is 33.3 Å². The molecular weight excluding hydrogens is 270 g/mol. The number of aryl methyl sites for hydroxylation is 1. The minimum absolute atomic E-state index is 0.186. The largest absolute Gasteiger partial charge is 0.491 e. The maximum atomic E-state index is 9.12. The Hall–Kier alpha value is -2.06. The van der Waals surface area contributed by atoms with Gasteiger partial charge in [0.1, 0.15) is 22.4 Å². The maximum Gasteiger partial charge on any atom is 0.132 e. The van der Waals surface area contributed by atoms with E-state index in [1.54, 1.807) is 0 Å². The van der Waals surface area contributed by atoms with Crippen LogP contribution in [0, 0.1) is 18.3 Å². The molecule has 1 atom stereocenters. The van der Waals surface area contributed by atoms with Crippen LogP contribution in [0.3, 0.4) is 0 Å². The first-order valence-corrected chi connectivity index (χ1v) is 7.31. The minimum atomic E-state index is 0.186. The van der Waals surface area contributed by atoms with E-state index in [0.717, 1.165) is 28.6 Å². The highest BCUT2D eigenvalue weighted by Crippen LogP contribution is 2.29. The number of benzene rings is 1. The average molecular weight is 287 g/mol. The molecule has 20 heavy (non-hydrogen) atoms. The Morgan fingerprint density at radius 2 is 2.30 bits per heavy atom. The number of anilines is 2. The van der Waals surface area contributed by atoms with Crippen LogP contribution in [0.5, 0.6) is 5.75 Å². The Morgan fingerprint density at radius 3 is 3.00 bits per heavy atom. The fraction of sp³-hybridized carbons (Fsp3) is 0.333. The lowest BCUT2D eigenvalue weighted by molar-refractivity contribution is 0.217. The van der Waals surface area contributed by atoms with Crippen molar-refractivity contribution in [1.29, 1.82) is 5.26 Å². The number of ether oxygens (including phenoxy) is 1. The fourth-order valence-electron chi connectivity index (χ4n) is 1.68. The van der Waals surface area contributed by atoms with Gasteiger partial charge in [-0.15, -0.1) is 0 Å². The molecule has 0 saturated heterocycles. The van der Waals surface area contributed by atoms with E-state index >= 15 is 0 Å². The summed E-state index contributed by atoms with van der Waals surface area (Å²) in [6.45, 7) is 5.97. The molecule has 0 aliphatic heterocycles. The second-order valence-corrected chi connectivity index (χ2v) is 5.35. The number of aromatic nitrogens is 1. The monoisotopic (exact) mass is 287 g/mol. The van der Waals surface area contributed by atoms with Gasteiger partial charge in [0.05, 0.1) is 11.8 Å². The van der Waals surface area contributed by atoms with Crippen molar-refractivity contribution in [3.05, 3.63) is 35.5 Å². The van der Waals surface area contributed by atoms with Gasteiger partial charge >= 0.3 is 0 Å². The van der Waals surface area contributed by atoms with E-state index in [-0.39, 0.29) is 6.10 Å². The Morgan fingerprint density at radius 1 is 1.50 bits per heavy atom. The Bertz CT molecular complexity index is 630. The summed E-state index contributed by atoms with van der Waals surface area (Å²) < 4.78 is 9.98. The number of rotatable bonds is 5. The number of nitrogens with one attached hydrogen (secondary N) is 1. The zero-order valence-corrected chi connectivity index (χ0v) is 12.6. The molecule has 2 aromatic rings. The first-order chi connectivity index (χ1) is 9.63. The van der Waals surface area contributed by atoms with Crippen LogP contribution in [0.2, 0.25) is 0 Å². The van der Waals surface area contributed by atoms with Gasteiger partial charge in [0.2, 0.25) is 0 Å². The molecule has 1 aromatic heterocycles. The van der Waals surface area contributed by atoms with E-state index in [9.17, 15) is 0 Å². The molecule has 1 unspecified atom stereocenters. The molecule has 0 aliphatic rings. The number of nitriles is 1. The third kappa shape index (κ3) is 3.28. The van der Waals surface area contributed by atoms with Gasteiger partial charge in [-0.2, -0.15) is 9.64 Å². The van der Waals surface area contributed by atoms with Crippen LogP contribution in [0.15, 0.2) is 24.3 Å². The summed E-state index contributed by atoms with van der Waals surface area (Å²) in [6.07, 6.45) is 1.15. The summed E-state index contributed by atoms with van der Waals surface area (Å²) in [6, 6.07) is 9.91. The summed E-state index contributed by atoms with van der Waals surface area (Å²) >= 11 is 1.30. The molecule has 1 N–H and O–H groups in total. The highest BCUT2D eigenvalue weighted by atomic mass is 32.1. The van der Waals surface area contributed by atoms with E-state index in [2.05, 4.69) is 22.7 Å². The van der Waals surface area contributed by atoms with E-state index in [4.69, 9.17) is 10.00 Å². The molecule has 0 fully saturated rings.